The van der Waals surface area contributed by atoms with E-state index in [1.165, 1.54) is 11.3 Å². The van der Waals surface area contributed by atoms with E-state index in [0.29, 0.717) is 4.80 Å². The van der Waals surface area contributed by atoms with Crippen molar-refractivity contribution in [3.8, 4) is 11.5 Å². The summed E-state index contributed by atoms with van der Waals surface area (Å²) in [4.78, 5) is 17.6. The molecule has 0 saturated carbocycles. The molecule has 0 N–H and O–H groups in total. The van der Waals surface area contributed by atoms with E-state index in [1.807, 2.05) is 47.0 Å². The number of nitrogens with zero attached hydrogens (tertiary/aromatic N) is 2. The number of rotatable bonds is 6. The number of thiazole rings is 1. The summed E-state index contributed by atoms with van der Waals surface area (Å²) < 4.78 is 14.0. The average Bonchev–Trinajstić information content (AvgIpc) is 3.00. The van der Waals surface area contributed by atoms with Crippen LogP contribution in [0, 0.1) is 0 Å². The molecule has 3 aromatic rings. The minimum Gasteiger partial charge on any atom is -0.495 e. The molecular weight excluding hydrogens is 348 g/mol. The van der Waals surface area contributed by atoms with E-state index >= 15 is 0 Å². The zero-order valence-corrected chi connectivity index (χ0v) is 16.0. The van der Waals surface area contributed by atoms with Gasteiger partial charge in [0.2, 0.25) is 0 Å². The van der Waals surface area contributed by atoms with Crippen molar-refractivity contribution < 1.29 is 14.3 Å². The molecule has 3 rings (SSSR count). The molecule has 26 heavy (non-hydrogen) atoms. The Hall–Kier alpha value is -2.60. The van der Waals surface area contributed by atoms with Crippen molar-refractivity contribution in [1.29, 1.82) is 0 Å². The molecule has 0 atom stereocenters. The Morgan fingerprint density at radius 2 is 1.77 bits per heavy atom. The first-order chi connectivity index (χ1) is 12.7. The van der Waals surface area contributed by atoms with Crippen LogP contribution < -0.4 is 14.3 Å². The number of aryl methyl sites for hydroxylation is 1. The van der Waals surface area contributed by atoms with Gasteiger partial charge in [-0.2, -0.15) is 4.99 Å². The Kier molecular flexibility index (Phi) is 5.73. The fraction of sp³-hybridized carbons (Fsp3) is 0.300. The third-order valence-corrected chi connectivity index (χ3v) is 5.15. The molecule has 0 radical (unpaired) electrons. The lowest BCUT2D eigenvalue weighted by Gasteiger charge is -2.09. The van der Waals surface area contributed by atoms with Crippen LogP contribution in [0.5, 0.6) is 11.5 Å². The summed E-state index contributed by atoms with van der Waals surface area (Å²) in [6.45, 7) is 2.85. The number of hydrogen-bond acceptors (Lipinski definition) is 4. The average molecular weight is 370 g/mol. The van der Waals surface area contributed by atoms with Crippen molar-refractivity contribution in [2.45, 2.75) is 26.3 Å². The first-order valence-corrected chi connectivity index (χ1v) is 9.35. The van der Waals surface area contributed by atoms with Gasteiger partial charge in [0.05, 0.1) is 20.6 Å². The molecule has 1 aromatic heterocycles. The number of methoxy groups -OCH3 is 2. The van der Waals surface area contributed by atoms with Crippen LogP contribution in [0.1, 0.15) is 18.9 Å². The second kappa shape index (κ2) is 8.19. The molecule has 1 heterocycles. The molecule has 0 bridgehead atoms. The molecule has 0 aliphatic rings. The van der Waals surface area contributed by atoms with Crippen molar-refractivity contribution in [3.05, 3.63) is 52.8 Å². The topological polar surface area (TPSA) is 52.8 Å². The smallest absolute Gasteiger partial charge is 0.252 e. The molecule has 0 aliphatic carbocycles. The molecule has 2 aromatic carbocycles. The zero-order valence-electron chi connectivity index (χ0n) is 15.2. The largest absolute Gasteiger partial charge is 0.495 e. The minimum atomic E-state index is -0.162. The van der Waals surface area contributed by atoms with Gasteiger partial charge in [0, 0.05) is 6.54 Å². The van der Waals surface area contributed by atoms with Crippen LogP contribution >= 0.6 is 11.3 Å². The number of amides is 1. The van der Waals surface area contributed by atoms with Gasteiger partial charge in [-0.3, -0.25) is 4.79 Å². The molecule has 1 amide bonds. The highest BCUT2D eigenvalue weighted by molar-refractivity contribution is 7.16. The van der Waals surface area contributed by atoms with E-state index < -0.39 is 0 Å². The molecule has 6 heteroatoms. The van der Waals surface area contributed by atoms with E-state index in [1.54, 1.807) is 14.2 Å². The fourth-order valence-corrected chi connectivity index (χ4v) is 4.07. The van der Waals surface area contributed by atoms with E-state index in [0.717, 1.165) is 40.2 Å². The van der Waals surface area contributed by atoms with Crippen LogP contribution in [0.15, 0.2) is 47.5 Å². The van der Waals surface area contributed by atoms with Gasteiger partial charge in [0.1, 0.15) is 21.7 Å². The first-order valence-electron chi connectivity index (χ1n) is 8.53. The maximum absolute atomic E-state index is 12.5. The van der Waals surface area contributed by atoms with Crippen LogP contribution in [0.3, 0.4) is 0 Å². The lowest BCUT2D eigenvalue weighted by molar-refractivity contribution is -0.117. The second-order valence-corrected chi connectivity index (χ2v) is 6.83. The van der Waals surface area contributed by atoms with Crippen LogP contribution in [-0.4, -0.2) is 24.7 Å². The summed E-state index contributed by atoms with van der Waals surface area (Å²) in [5.41, 5.74) is 1.88. The van der Waals surface area contributed by atoms with Crippen LogP contribution in [0.4, 0.5) is 0 Å². The van der Waals surface area contributed by atoms with Crippen molar-refractivity contribution in [2.24, 2.45) is 4.99 Å². The maximum atomic E-state index is 12.5. The van der Waals surface area contributed by atoms with Crippen molar-refractivity contribution in [1.82, 2.24) is 4.57 Å². The highest BCUT2D eigenvalue weighted by Crippen LogP contribution is 2.35. The van der Waals surface area contributed by atoms with Gasteiger partial charge in [-0.1, -0.05) is 48.6 Å². The molecule has 0 spiro atoms. The lowest BCUT2D eigenvalue weighted by atomic mass is 10.1. The number of hydrogen-bond donors (Lipinski definition) is 0. The summed E-state index contributed by atoms with van der Waals surface area (Å²) in [5.74, 6) is 1.35. The van der Waals surface area contributed by atoms with E-state index in [2.05, 4.69) is 11.9 Å². The van der Waals surface area contributed by atoms with Crippen LogP contribution in [0.2, 0.25) is 0 Å². The number of benzene rings is 2. The summed E-state index contributed by atoms with van der Waals surface area (Å²) in [6.07, 6.45) is 1.21. The van der Waals surface area contributed by atoms with Gasteiger partial charge < -0.3 is 14.0 Å². The third-order valence-electron chi connectivity index (χ3n) is 4.06. The summed E-state index contributed by atoms with van der Waals surface area (Å²) in [6, 6.07) is 13.4. The predicted molar refractivity (Wildman–Crippen MR) is 104 cm³/mol. The predicted octanol–water partition coefficient (Wildman–Crippen LogP) is 3.80. The van der Waals surface area contributed by atoms with Crippen LogP contribution in [-0.2, 0) is 17.8 Å². The molecule has 5 nitrogen and oxygen atoms in total. The summed E-state index contributed by atoms with van der Waals surface area (Å²) >= 11 is 1.45. The third kappa shape index (κ3) is 3.65. The second-order valence-electron chi connectivity index (χ2n) is 5.85. The lowest BCUT2D eigenvalue weighted by Crippen LogP contribution is -2.17. The van der Waals surface area contributed by atoms with E-state index in [4.69, 9.17) is 9.47 Å². The quantitative estimate of drug-likeness (QED) is 0.663. The Morgan fingerprint density at radius 3 is 2.42 bits per heavy atom. The highest BCUT2D eigenvalue weighted by atomic mass is 32.1. The Balaban J connectivity index is 2.12. The number of carbonyl (C=O) groups is 1. The van der Waals surface area contributed by atoms with Gasteiger partial charge in [0.25, 0.3) is 5.91 Å². The SMILES string of the molecule is CCCn1c(=NC(=O)Cc2ccccc2)sc2c(OC)ccc(OC)c21. The van der Waals surface area contributed by atoms with E-state index in [-0.39, 0.29) is 12.3 Å². The monoisotopic (exact) mass is 370 g/mol. The maximum Gasteiger partial charge on any atom is 0.252 e. The number of carbonyl (C=O) groups excluding carboxylic acids is 1. The van der Waals surface area contributed by atoms with Gasteiger partial charge >= 0.3 is 0 Å². The van der Waals surface area contributed by atoms with Gasteiger partial charge in [-0.25, -0.2) is 0 Å². The first kappa shape index (κ1) is 18.2. The molecule has 0 saturated heterocycles. The normalized spacial score (nSPS) is 11.7. The molecule has 0 unspecified atom stereocenters. The number of aromatic nitrogens is 1. The van der Waals surface area contributed by atoms with Gasteiger partial charge in [0.15, 0.2) is 4.80 Å². The molecule has 0 aliphatic heterocycles. The zero-order chi connectivity index (χ0) is 18.5. The summed E-state index contributed by atoms with van der Waals surface area (Å²) in [7, 11) is 3.29. The number of ether oxygens (including phenoxy) is 2. The summed E-state index contributed by atoms with van der Waals surface area (Å²) in [5, 5.41) is 0. The Bertz CT molecular complexity index is 974. The standard InChI is InChI=1S/C20H22N2O3S/c1-4-12-22-18-15(24-2)10-11-16(25-3)19(18)26-20(22)21-17(23)13-14-8-6-5-7-9-14/h5-11H,4,12-13H2,1-3H3. The van der Waals surface area contributed by atoms with E-state index in [9.17, 15) is 4.79 Å². The van der Waals surface area contributed by atoms with Gasteiger partial charge in [-0.15, -0.1) is 0 Å². The number of fused-ring (bicyclic) bond motifs is 1. The molecule has 0 fully saturated rings. The van der Waals surface area contributed by atoms with Crippen molar-refractivity contribution in [3.63, 3.8) is 0 Å². The molecular formula is C20H22N2O3S. The fourth-order valence-electron chi connectivity index (χ4n) is 2.89. The van der Waals surface area contributed by atoms with Gasteiger partial charge in [-0.05, 0) is 24.1 Å². The highest BCUT2D eigenvalue weighted by Gasteiger charge is 2.16. The molecule has 136 valence electrons. The Morgan fingerprint density at radius 1 is 1.08 bits per heavy atom. The van der Waals surface area contributed by atoms with Crippen molar-refractivity contribution in [2.75, 3.05) is 14.2 Å². The minimum absolute atomic E-state index is 0.162. The Labute approximate surface area is 156 Å². The van der Waals surface area contributed by atoms with Crippen molar-refractivity contribution >= 4 is 27.5 Å². The van der Waals surface area contributed by atoms with Crippen LogP contribution in [0.25, 0.3) is 10.2 Å².